The van der Waals surface area contributed by atoms with Crippen molar-refractivity contribution in [2.24, 2.45) is 0 Å². The summed E-state index contributed by atoms with van der Waals surface area (Å²) in [6.45, 7) is 12.4. The van der Waals surface area contributed by atoms with Crippen molar-refractivity contribution in [1.29, 1.82) is 0 Å². The summed E-state index contributed by atoms with van der Waals surface area (Å²) in [4.78, 5) is 14.4. The molecular weight excluding hydrogens is 410 g/mol. The fraction of sp³-hybridized carbons (Fsp3) is 0.321. The van der Waals surface area contributed by atoms with E-state index >= 15 is 0 Å². The van der Waals surface area contributed by atoms with E-state index in [0.29, 0.717) is 19.6 Å². The summed E-state index contributed by atoms with van der Waals surface area (Å²) >= 11 is 0. The van der Waals surface area contributed by atoms with E-state index in [1.54, 1.807) is 13.2 Å². The highest BCUT2D eigenvalue weighted by atomic mass is 16.5. The van der Waals surface area contributed by atoms with E-state index < -0.39 is 0 Å². The molecule has 5 heteroatoms. The first-order valence-electron chi connectivity index (χ1n) is 11.5. The molecule has 0 aromatic heterocycles. The molecule has 2 aromatic rings. The van der Waals surface area contributed by atoms with Crippen LogP contribution < -0.4 is 15.4 Å². The van der Waals surface area contributed by atoms with E-state index in [9.17, 15) is 4.79 Å². The number of urea groups is 1. The van der Waals surface area contributed by atoms with Crippen LogP contribution in [0.15, 0.2) is 79.9 Å². The summed E-state index contributed by atoms with van der Waals surface area (Å²) in [5.41, 5.74) is 4.43. The fourth-order valence-electron chi connectivity index (χ4n) is 4.43. The van der Waals surface area contributed by atoms with Crippen LogP contribution in [0.25, 0.3) is 5.57 Å². The van der Waals surface area contributed by atoms with Gasteiger partial charge >= 0.3 is 6.03 Å². The van der Waals surface area contributed by atoms with Gasteiger partial charge in [-0.1, -0.05) is 67.8 Å². The lowest BCUT2D eigenvalue weighted by atomic mass is 9.86. The standard InChI is InChI=1S/C28H35N3O2/c1-5-11-21(6-2)23-14-15-27(33-4)24(18-23)19-30-26-16-17-31(28(32)29-7-3)20-25(26)22-12-9-8-10-13-22/h5-6,8-15,18,25-26,30H,1-2,7,16-17,19-20H2,3-4H3,(H,29,32)/b21-11+. The van der Waals surface area contributed by atoms with E-state index in [1.165, 1.54) is 5.56 Å². The Labute approximate surface area is 197 Å². The number of nitrogens with zero attached hydrogens (tertiary/aromatic N) is 1. The van der Waals surface area contributed by atoms with Crippen molar-refractivity contribution in [1.82, 2.24) is 15.5 Å². The Morgan fingerprint density at radius 2 is 2.00 bits per heavy atom. The van der Waals surface area contributed by atoms with Crippen molar-refractivity contribution < 1.29 is 9.53 Å². The second-order valence-corrected chi connectivity index (χ2v) is 8.16. The average molecular weight is 446 g/mol. The van der Waals surface area contributed by atoms with E-state index in [4.69, 9.17) is 4.74 Å². The van der Waals surface area contributed by atoms with Crippen molar-refractivity contribution in [3.05, 3.63) is 96.6 Å². The molecule has 0 radical (unpaired) electrons. The quantitative estimate of drug-likeness (QED) is 0.526. The Hall–Kier alpha value is -3.31. The van der Waals surface area contributed by atoms with Gasteiger partial charge in [0.2, 0.25) is 0 Å². The number of hydrogen-bond acceptors (Lipinski definition) is 3. The first kappa shape index (κ1) is 24.3. The van der Waals surface area contributed by atoms with Crippen LogP contribution in [-0.4, -0.2) is 43.7 Å². The van der Waals surface area contributed by atoms with Gasteiger partial charge in [0, 0.05) is 43.7 Å². The van der Waals surface area contributed by atoms with E-state index in [-0.39, 0.29) is 18.0 Å². The molecular formula is C28H35N3O2. The Balaban J connectivity index is 1.81. The molecule has 1 heterocycles. The molecule has 1 aliphatic heterocycles. The molecule has 0 spiro atoms. The van der Waals surface area contributed by atoms with Gasteiger partial charge in [0.1, 0.15) is 5.75 Å². The Morgan fingerprint density at radius 1 is 1.21 bits per heavy atom. The first-order chi connectivity index (χ1) is 16.1. The minimum Gasteiger partial charge on any atom is -0.496 e. The molecule has 3 rings (SSSR count). The molecule has 2 amide bonds. The molecule has 1 saturated heterocycles. The highest BCUT2D eigenvalue weighted by molar-refractivity contribution is 5.75. The van der Waals surface area contributed by atoms with E-state index in [0.717, 1.165) is 35.4 Å². The van der Waals surface area contributed by atoms with Gasteiger partial charge in [-0.2, -0.15) is 0 Å². The number of amides is 2. The van der Waals surface area contributed by atoms with Gasteiger partial charge in [0.15, 0.2) is 0 Å². The van der Waals surface area contributed by atoms with Crippen LogP contribution in [-0.2, 0) is 6.54 Å². The maximum absolute atomic E-state index is 12.5. The van der Waals surface area contributed by atoms with Crippen molar-refractivity contribution >= 4 is 11.6 Å². The second kappa shape index (κ2) is 12.1. The monoisotopic (exact) mass is 445 g/mol. The van der Waals surface area contributed by atoms with E-state index in [2.05, 4.69) is 54.1 Å². The number of likely N-dealkylation sites (tertiary alicyclic amines) is 1. The third-order valence-corrected chi connectivity index (χ3v) is 6.14. The highest BCUT2D eigenvalue weighted by Crippen LogP contribution is 2.29. The Morgan fingerprint density at radius 3 is 2.67 bits per heavy atom. The van der Waals surface area contributed by atoms with Crippen LogP contribution in [0.3, 0.4) is 0 Å². The molecule has 2 N–H and O–H groups in total. The lowest BCUT2D eigenvalue weighted by Crippen LogP contribution is -2.52. The average Bonchev–Trinajstić information content (AvgIpc) is 2.86. The minimum absolute atomic E-state index is 0.0113. The molecule has 33 heavy (non-hydrogen) atoms. The van der Waals surface area contributed by atoms with Crippen molar-refractivity contribution in [2.45, 2.75) is 31.8 Å². The predicted molar refractivity (Wildman–Crippen MR) is 136 cm³/mol. The Kier molecular flexibility index (Phi) is 8.90. The number of piperidine rings is 1. The van der Waals surface area contributed by atoms with Gasteiger partial charge in [-0.3, -0.25) is 0 Å². The van der Waals surface area contributed by atoms with Crippen LogP contribution in [0.4, 0.5) is 4.79 Å². The van der Waals surface area contributed by atoms with Crippen molar-refractivity contribution in [3.8, 4) is 5.75 Å². The molecule has 0 saturated carbocycles. The van der Waals surface area contributed by atoms with Gasteiger partial charge in [-0.25, -0.2) is 4.79 Å². The van der Waals surface area contributed by atoms with E-state index in [1.807, 2.05) is 42.2 Å². The molecule has 5 nitrogen and oxygen atoms in total. The highest BCUT2D eigenvalue weighted by Gasteiger charge is 2.32. The summed E-state index contributed by atoms with van der Waals surface area (Å²) in [6, 6.07) is 16.9. The largest absolute Gasteiger partial charge is 0.496 e. The molecule has 0 aliphatic carbocycles. The SMILES string of the molecule is C=C/C=C(\C=C)c1ccc(OC)c(CNC2CCN(C(=O)NCC)CC2c2ccccc2)c1. The van der Waals surface area contributed by atoms with Crippen LogP contribution in [0.2, 0.25) is 0 Å². The maximum Gasteiger partial charge on any atom is 0.317 e. The van der Waals surface area contributed by atoms with Crippen molar-refractivity contribution in [2.75, 3.05) is 26.7 Å². The molecule has 1 fully saturated rings. The molecule has 2 unspecified atom stereocenters. The summed E-state index contributed by atoms with van der Waals surface area (Å²) in [6.07, 6.45) is 6.44. The summed E-state index contributed by atoms with van der Waals surface area (Å²) < 4.78 is 5.63. The maximum atomic E-state index is 12.5. The van der Waals surface area contributed by atoms with Crippen LogP contribution in [0, 0.1) is 0 Å². The molecule has 0 bridgehead atoms. The number of nitrogens with one attached hydrogen (secondary N) is 2. The summed E-state index contributed by atoms with van der Waals surface area (Å²) in [5, 5.41) is 6.70. The zero-order valence-corrected chi connectivity index (χ0v) is 19.7. The number of benzene rings is 2. The summed E-state index contributed by atoms with van der Waals surface area (Å²) in [7, 11) is 1.70. The van der Waals surface area contributed by atoms with Crippen molar-refractivity contribution in [3.63, 3.8) is 0 Å². The fourth-order valence-corrected chi connectivity index (χ4v) is 4.43. The second-order valence-electron chi connectivity index (χ2n) is 8.16. The lowest BCUT2D eigenvalue weighted by Gasteiger charge is -2.39. The third-order valence-electron chi connectivity index (χ3n) is 6.14. The topological polar surface area (TPSA) is 53.6 Å². The van der Waals surface area contributed by atoms with Gasteiger partial charge in [0.05, 0.1) is 7.11 Å². The minimum atomic E-state index is 0.0113. The molecule has 2 aromatic carbocycles. The lowest BCUT2D eigenvalue weighted by molar-refractivity contribution is 0.165. The van der Waals surface area contributed by atoms with Gasteiger partial charge in [-0.15, -0.1) is 0 Å². The summed E-state index contributed by atoms with van der Waals surface area (Å²) in [5.74, 6) is 1.06. The number of carbonyl (C=O) groups is 1. The molecule has 2 atom stereocenters. The number of carbonyl (C=O) groups excluding carboxylic acids is 1. The number of allylic oxidation sites excluding steroid dienone is 4. The first-order valence-corrected chi connectivity index (χ1v) is 11.5. The number of rotatable bonds is 9. The Bertz CT molecular complexity index is 984. The zero-order valence-electron chi connectivity index (χ0n) is 19.7. The molecule has 174 valence electrons. The number of methoxy groups -OCH3 is 1. The van der Waals surface area contributed by atoms with Crippen LogP contribution >= 0.6 is 0 Å². The predicted octanol–water partition coefficient (Wildman–Crippen LogP) is 5.13. The normalized spacial score (nSPS) is 18.5. The van der Waals surface area contributed by atoms with Crippen LogP contribution in [0.5, 0.6) is 5.75 Å². The molecule has 1 aliphatic rings. The van der Waals surface area contributed by atoms with Gasteiger partial charge < -0.3 is 20.3 Å². The zero-order chi connectivity index (χ0) is 23.6. The van der Waals surface area contributed by atoms with Crippen LogP contribution in [0.1, 0.15) is 36.0 Å². The third kappa shape index (κ3) is 6.14. The number of ether oxygens (including phenoxy) is 1. The number of hydrogen-bond donors (Lipinski definition) is 2. The van der Waals surface area contributed by atoms with Gasteiger partial charge in [0.25, 0.3) is 0 Å². The van der Waals surface area contributed by atoms with Gasteiger partial charge in [-0.05, 0) is 42.2 Å². The smallest absolute Gasteiger partial charge is 0.317 e.